The van der Waals surface area contributed by atoms with Crippen LogP contribution in [-0.4, -0.2) is 24.6 Å². The van der Waals surface area contributed by atoms with Crippen LogP contribution in [0.25, 0.3) is 0 Å². The summed E-state index contributed by atoms with van der Waals surface area (Å²) in [5.74, 6) is 1.81. The van der Waals surface area contributed by atoms with E-state index in [9.17, 15) is 0 Å². The molecule has 0 bridgehead atoms. The largest absolute Gasteiger partial charge is 0.494 e. The average molecular weight is 276 g/mol. The molecule has 1 aromatic rings. The molecule has 1 aliphatic rings. The van der Waals surface area contributed by atoms with Crippen LogP contribution in [0.1, 0.15) is 50.8 Å². The zero-order valence-corrected chi connectivity index (χ0v) is 13.1. The minimum Gasteiger partial charge on any atom is -0.494 e. The Bertz CT molecular complexity index is 431. The molecule has 20 heavy (non-hydrogen) atoms. The minimum atomic E-state index is 0.0738. The number of nitrogens with zero attached hydrogens (tertiary/aromatic N) is 1. The summed E-state index contributed by atoms with van der Waals surface area (Å²) in [5, 5.41) is 0. The van der Waals surface area contributed by atoms with Crippen molar-refractivity contribution >= 4 is 0 Å². The van der Waals surface area contributed by atoms with Crippen LogP contribution in [-0.2, 0) is 6.54 Å². The maximum Gasteiger partial charge on any atom is 0.123 e. The van der Waals surface area contributed by atoms with Gasteiger partial charge in [-0.15, -0.1) is 0 Å². The second-order valence-corrected chi connectivity index (χ2v) is 6.07. The predicted octanol–water partition coefficient (Wildman–Crippen LogP) is 3.34. The predicted molar refractivity (Wildman–Crippen MR) is 83.9 cm³/mol. The Hall–Kier alpha value is -1.06. The van der Waals surface area contributed by atoms with Gasteiger partial charge in [-0.25, -0.2) is 0 Å². The van der Waals surface area contributed by atoms with E-state index in [0.29, 0.717) is 6.61 Å². The van der Waals surface area contributed by atoms with Gasteiger partial charge in [0.1, 0.15) is 5.75 Å². The van der Waals surface area contributed by atoms with Crippen molar-refractivity contribution in [2.24, 2.45) is 11.7 Å². The molecule has 2 atom stereocenters. The lowest BCUT2D eigenvalue weighted by Crippen LogP contribution is -2.33. The summed E-state index contributed by atoms with van der Waals surface area (Å²) in [5.41, 5.74) is 8.47. The number of rotatable bonds is 5. The lowest BCUT2D eigenvalue weighted by molar-refractivity contribution is 0.174. The number of ether oxygens (including phenoxy) is 1. The fourth-order valence-corrected chi connectivity index (χ4v) is 2.97. The Kier molecular flexibility index (Phi) is 5.44. The van der Waals surface area contributed by atoms with Gasteiger partial charge in [0.25, 0.3) is 0 Å². The average Bonchev–Trinajstić information content (AvgIpc) is 2.41. The Morgan fingerprint density at radius 3 is 2.90 bits per heavy atom. The molecule has 0 saturated carbocycles. The highest BCUT2D eigenvalue weighted by Gasteiger charge is 2.18. The number of hydrogen-bond donors (Lipinski definition) is 1. The quantitative estimate of drug-likeness (QED) is 0.896. The third-order valence-electron chi connectivity index (χ3n) is 4.05. The first-order valence-electron chi connectivity index (χ1n) is 7.83. The zero-order valence-electron chi connectivity index (χ0n) is 13.1. The van der Waals surface area contributed by atoms with Gasteiger partial charge in [-0.1, -0.05) is 13.0 Å². The van der Waals surface area contributed by atoms with Crippen LogP contribution in [0, 0.1) is 5.92 Å². The first kappa shape index (κ1) is 15.3. The van der Waals surface area contributed by atoms with Gasteiger partial charge in [-0.2, -0.15) is 0 Å². The first-order valence-corrected chi connectivity index (χ1v) is 7.83. The van der Waals surface area contributed by atoms with Crippen molar-refractivity contribution in [3.63, 3.8) is 0 Å². The van der Waals surface area contributed by atoms with Gasteiger partial charge in [-0.05, 0) is 56.8 Å². The van der Waals surface area contributed by atoms with Crippen LogP contribution in [0.2, 0.25) is 0 Å². The number of piperidine rings is 1. The van der Waals surface area contributed by atoms with Gasteiger partial charge in [-0.3, -0.25) is 4.90 Å². The molecule has 3 nitrogen and oxygen atoms in total. The number of nitrogens with two attached hydrogens (primary N) is 1. The molecule has 2 unspecified atom stereocenters. The fraction of sp³-hybridized carbons (Fsp3) is 0.647. The number of benzene rings is 1. The number of hydrogen-bond acceptors (Lipinski definition) is 3. The van der Waals surface area contributed by atoms with Crippen LogP contribution in [0.5, 0.6) is 5.75 Å². The molecule has 1 fully saturated rings. The standard InChI is InChI=1S/C17H28N2O/c1-4-20-17-8-7-15(14(3)18)10-16(17)12-19-9-5-6-13(2)11-19/h7-8,10,13-14H,4-6,9,11-12,18H2,1-3H3. The van der Waals surface area contributed by atoms with Crippen LogP contribution >= 0.6 is 0 Å². The molecule has 1 heterocycles. The number of likely N-dealkylation sites (tertiary alicyclic amines) is 1. The van der Waals surface area contributed by atoms with E-state index >= 15 is 0 Å². The molecule has 112 valence electrons. The highest BCUT2D eigenvalue weighted by atomic mass is 16.5. The van der Waals surface area contributed by atoms with Crippen LogP contribution < -0.4 is 10.5 Å². The van der Waals surface area contributed by atoms with Crippen molar-refractivity contribution in [3.05, 3.63) is 29.3 Å². The monoisotopic (exact) mass is 276 g/mol. The molecule has 0 radical (unpaired) electrons. The van der Waals surface area contributed by atoms with Crippen molar-refractivity contribution < 1.29 is 4.74 Å². The Morgan fingerprint density at radius 1 is 1.45 bits per heavy atom. The molecule has 1 aromatic carbocycles. The molecule has 3 heteroatoms. The molecule has 0 aliphatic carbocycles. The zero-order chi connectivity index (χ0) is 14.5. The van der Waals surface area contributed by atoms with Gasteiger partial charge in [0.2, 0.25) is 0 Å². The maximum atomic E-state index is 6.01. The van der Waals surface area contributed by atoms with E-state index in [0.717, 1.165) is 18.2 Å². The van der Waals surface area contributed by atoms with Crippen molar-refractivity contribution in [2.75, 3.05) is 19.7 Å². The van der Waals surface area contributed by atoms with E-state index < -0.39 is 0 Å². The van der Waals surface area contributed by atoms with Crippen molar-refractivity contribution in [1.29, 1.82) is 0 Å². The molecule has 2 N–H and O–H groups in total. The Labute approximate surface area is 123 Å². The molecule has 0 amide bonds. The SMILES string of the molecule is CCOc1ccc(C(C)N)cc1CN1CCCC(C)C1. The topological polar surface area (TPSA) is 38.5 Å². The third-order valence-corrected chi connectivity index (χ3v) is 4.05. The highest BCUT2D eigenvalue weighted by molar-refractivity contribution is 5.38. The second kappa shape index (κ2) is 7.09. The summed E-state index contributed by atoms with van der Waals surface area (Å²) in [7, 11) is 0. The highest BCUT2D eigenvalue weighted by Crippen LogP contribution is 2.26. The van der Waals surface area contributed by atoms with Crippen molar-refractivity contribution in [2.45, 2.75) is 46.2 Å². The van der Waals surface area contributed by atoms with Gasteiger partial charge in [0.05, 0.1) is 6.61 Å². The van der Waals surface area contributed by atoms with Crippen LogP contribution in [0.15, 0.2) is 18.2 Å². The summed E-state index contributed by atoms with van der Waals surface area (Å²) in [6.07, 6.45) is 2.66. The van der Waals surface area contributed by atoms with E-state index in [2.05, 4.69) is 30.0 Å². The van der Waals surface area contributed by atoms with Gasteiger partial charge < -0.3 is 10.5 Å². The molecule has 0 spiro atoms. The lowest BCUT2D eigenvalue weighted by Gasteiger charge is -2.31. The normalized spacial score (nSPS) is 21.7. The minimum absolute atomic E-state index is 0.0738. The Morgan fingerprint density at radius 2 is 2.25 bits per heavy atom. The Balaban J connectivity index is 2.16. The summed E-state index contributed by atoms with van der Waals surface area (Å²) in [4.78, 5) is 2.54. The first-order chi connectivity index (χ1) is 9.60. The van der Waals surface area contributed by atoms with Gasteiger partial charge >= 0.3 is 0 Å². The molecular formula is C17H28N2O. The summed E-state index contributed by atoms with van der Waals surface area (Å²) in [6.45, 7) is 10.5. The van der Waals surface area contributed by atoms with Crippen LogP contribution in [0.4, 0.5) is 0 Å². The van der Waals surface area contributed by atoms with Gasteiger partial charge in [0.15, 0.2) is 0 Å². The van der Waals surface area contributed by atoms with E-state index in [1.165, 1.54) is 37.1 Å². The van der Waals surface area contributed by atoms with Crippen molar-refractivity contribution in [1.82, 2.24) is 4.90 Å². The fourth-order valence-electron chi connectivity index (χ4n) is 2.97. The van der Waals surface area contributed by atoms with Crippen LogP contribution in [0.3, 0.4) is 0 Å². The molecule has 1 saturated heterocycles. The molecular weight excluding hydrogens is 248 g/mol. The molecule has 1 aliphatic heterocycles. The second-order valence-electron chi connectivity index (χ2n) is 6.07. The van der Waals surface area contributed by atoms with Gasteiger partial charge in [0, 0.05) is 24.7 Å². The smallest absolute Gasteiger partial charge is 0.123 e. The summed E-state index contributed by atoms with van der Waals surface area (Å²) in [6, 6.07) is 6.45. The molecule has 0 aromatic heterocycles. The van der Waals surface area contributed by atoms with E-state index in [1.807, 2.05) is 13.8 Å². The summed E-state index contributed by atoms with van der Waals surface area (Å²) >= 11 is 0. The van der Waals surface area contributed by atoms with Crippen molar-refractivity contribution in [3.8, 4) is 5.75 Å². The maximum absolute atomic E-state index is 6.01. The van der Waals surface area contributed by atoms with E-state index in [1.54, 1.807) is 0 Å². The lowest BCUT2D eigenvalue weighted by atomic mass is 9.99. The third kappa shape index (κ3) is 3.97. The van der Waals surface area contributed by atoms with E-state index in [4.69, 9.17) is 10.5 Å². The summed E-state index contributed by atoms with van der Waals surface area (Å²) < 4.78 is 5.77. The molecule has 2 rings (SSSR count). The van der Waals surface area contributed by atoms with E-state index in [-0.39, 0.29) is 6.04 Å².